The van der Waals surface area contributed by atoms with Gasteiger partial charge in [0, 0.05) is 25.5 Å². The normalized spacial score (nSPS) is 14.6. The summed E-state index contributed by atoms with van der Waals surface area (Å²) in [6.07, 6.45) is 4.86. The molecule has 0 atom stereocenters. The number of pyridine rings is 1. The van der Waals surface area contributed by atoms with E-state index in [1.165, 1.54) is 4.68 Å². The average molecular weight is 498 g/mol. The predicted molar refractivity (Wildman–Crippen MR) is 126 cm³/mol. The molecule has 1 fully saturated rings. The summed E-state index contributed by atoms with van der Waals surface area (Å²) in [4.78, 5) is 42.5. The van der Waals surface area contributed by atoms with Gasteiger partial charge in [-0.2, -0.15) is 4.68 Å². The molecule has 2 aromatic heterocycles. The fourth-order valence-corrected chi connectivity index (χ4v) is 4.60. The molecule has 1 N–H and O–H groups in total. The van der Waals surface area contributed by atoms with E-state index >= 15 is 0 Å². The molecular weight excluding hydrogens is 478 g/mol. The zero-order valence-electron chi connectivity index (χ0n) is 18.0. The van der Waals surface area contributed by atoms with Crippen molar-refractivity contribution in [1.82, 2.24) is 35.4 Å². The highest BCUT2D eigenvalue weighted by Crippen LogP contribution is 2.31. The van der Waals surface area contributed by atoms with E-state index in [9.17, 15) is 14.4 Å². The van der Waals surface area contributed by atoms with Crippen LogP contribution in [0.3, 0.4) is 0 Å². The number of nitrogens with one attached hydrogen (secondary N) is 1. The second-order valence-corrected chi connectivity index (χ2v) is 8.74. The van der Waals surface area contributed by atoms with Crippen molar-refractivity contribution in [2.24, 2.45) is 0 Å². The highest BCUT2D eigenvalue weighted by atomic mass is 32.2. The van der Waals surface area contributed by atoms with Gasteiger partial charge >= 0.3 is 0 Å². The van der Waals surface area contributed by atoms with Crippen LogP contribution >= 0.6 is 23.5 Å². The van der Waals surface area contributed by atoms with Crippen molar-refractivity contribution in [3.05, 3.63) is 59.3 Å². The molecule has 3 aromatic rings. The van der Waals surface area contributed by atoms with Crippen LogP contribution in [0.4, 0.5) is 4.79 Å². The topological polar surface area (TPSA) is 132 Å². The Kier molecular flexibility index (Phi) is 7.54. The van der Waals surface area contributed by atoms with Crippen molar-refractivity contribution in [2.75, 3.05) is 26.0 Å². The number of carbonyl (C=O) groups excluding carboxylic acids is 3. The van der Waals surface area contributed by atoms with Crippen molar-refractivity contribution >= 4 is 46.7 Å². The maximum Gasteiger partial charge on any atom is 0.293 e. The van der Waals surface area contributed by atoms with Crippen LogP contribution in [0.25, 0.3) is 11.8 Å². The van der Waals surface area contributed by atoms with Crippen LogP contribution in [0.15, 0.2) is 58.9 Å². The Morgan fingerprint density at radius 2 is 2.09 bits per heavy atom. The number of amides is 3. The van der Waals surface area contributed by atoms with E-state index in [0.29, 0.717) is 21.5 Å². The summed E-state index contributed by atoms with van der Waals surface area (Å²) in [5.41, 5.74) is 1.38. The smallest absolute Gasteiger partial charge is 0.293 e. The fraction of sp³-hybridized carbons (Fsp3) is 0.190. The Balaban J connectivity index is 1.28. The predicted octanol–water partition coefficient (Wildman–Crippen LogP) is 2.01. The molecule has 11 nitrogen and oxygen atoms in total. The number of aromatic nitrogens is 5. The highest BCUT2D eigenvalue weighted by molar-refractivity contribution is 8.18. The minimum atomic E-state index is -0.390. The first-order valence-electron chi connectivity index (χ1n) is 10.0. The molecule has 1 aliphatic heterocycles. The number of imide groups is 1. The lowest BCUT2D eigenvalue weighted by Crippen LogP contribution is -2.37. The number of nitrogens with zero attached hydrogens (tertiary/aromatic N) is 6. The molecule has 1 aliphatic rings. The van der Waals surface area contributed by atoms with Crippen LogP contribution in [0.2, 0.25) is 0 Å². The monoisotopic (exact) mass is 497 g/mol. The van der Waals surface area contributed by atoms with Crippen LogP contribution in [-0.4, -0.2) is 73.1 Å². The van der Waals surface area contributed by atoms with E-state index in [1.807, 2.05) is 12.1 Å². The van der Waals surface area contributed by atoms with Crippen molar-refractivity contribution in [1.29, 1.82) is 0 Å². The molecular formula is C21H19N7O4S2. The number of ether oxygens (including phenoxy) is 1. The number of hydrogen-bond acceptors (Lipinski definition) is 10. The molecule has 0 unspecified atom stereocenters. The molecule has 0 spiro atoms. The number of para-hydroxylation sites is 2. The maximum atomic E-state index is 12.5. The van der Waals surface area contributed by atoms with Crippen molar-refractivity contribution in [3.63, 3.8) is 0 Å². The summed E-state index contributed by atoms with van der Waals surface area (Å²) in [6.45, 7) is 0.208. The Labute approximate surface area is 202 Å². The Hall–Kier alpha value is -3.71. The van der Waals surface area contributed by atoms with Crippen molar-refractivity contribution < 1.29 is 19.1 Å². The van der Waals surface area contributed by atoms with Crippen LogP contribution < -0.4 is 10.1 Å². The van der Waals surface area contributed by atoms with E-state index < -0.39 is 5.91 Å². The minimum Gasteiger partial charge on any atom is -0.494 e. The third-order valence-corrected chi connectivity index (χ3v) is 6.43. The second kappa shape index (κ2) is 10.9. The van der Waals surface area contributed by atoms with Gasteiger partial charge in [-0.3, -0.25) is 24.3 Å². The van der Waals surface area contributed by atoms with Crippen LogP contribution in [0, 0.1) is 0 Å². The SMILES string of the molecule is COc1ccccc1-n1nnnc1SCC(=O)NCCN1C(=O)S/C(=C\c2cccnc2)C1=O. The van der Waals surface area contributed by atoms with Crippen molar-refractivity contribution in [2.45, 2.75) is 5.16 Å². The first kappa shape index (κ1) is 23.4. The molecule has 34 heavy (non-hydrogen) atoms. The fourth-order valence-electron chi connectivity index (χ4n) is 3.02. The number of carbonyl (C=O) groups is 3. The summed E-state index contributed by atoms with van der Waals surface area (Å²) in [6, 6.07) is 10.8. The average Bonchev–Trinajstić information content (AvgIpc) is 3.43. The first-order chi connectivity index (χ1) is 16.6. The lowest BCUT2D eigenvalue weighted by molar-refractivity contribution is -0.123. The Morgan fingerprint density at radius 3 is 2.88 bits per heavy atom. The Morgan fingerprint density at radius 1 is 1.24 bits per heavy atom. The van der Waals surface area contributed by atoms with E-state index in [4.69, 9.17) is 4.74 Å². The molecule has 3 heterocycles. The minimum absolute atomic E-state index is 0.0539. The molecule has 0 aliphatic carbocycles. The van der Waals surface area contributed by atoms with Gasteiger partial charge in [0.2, 0.25) is 11.1 Å². The summed E-state index contributed by atoms with van der Waals surface area (Å²) >= 11 is 2.02. The molecule has 0 saturated carbocycles. The van der Waals surface area contributed by atoms with Gasteiger partial charge in [0.05, 0.1) is 17.8 Å². The highest BCUT2D eigenvalue weighted by Gasteiger charge is 2.34. The number of benzene rings is 1. The van der Waals surface area contributed by atoms with Gasteiger partial charge in [-0.05, 0) is 52.0 Å². The number of methoxy groups -OCH3 is 1. The summed E-state index contributed by atoms with van der Waals surface area (Å²) in [5, 5.41) is 14.4. The van der Waals surface area contributed by atoms with E-state index in [0.717, 1.165) is 34.0 Å². The van der Waals surface area contributed by atoms with Crippen LogP contribution in [0.5, 0.6) is 5.75 Å². The summed E-state index contributed by atoms with van der Waals surface area (Å²) in [5.74, 6) is -0.0232. The van der Waals surface area contributed by atoms with E-state index in [1.54, 1.807) is 49.8 Å². The largest absolute Gasteiger partial charge is 0.494 e. The molecule has 0 bridgehead atoms. The number of hydrogen-bond donors (Lipinski definition) is 1. The van der Waals surface area contributed by atoms with Gasteiger partial charge in [-0.1, -0.05) is 30.0 Å². The van der Waals surface area contributed by atoms with Crippen LogP contribution in [0.1, 0.15) is 5.56 Å². The first-order valence-corrected chi connectivity index (χ1v) is 11.8. The standard InChI is InChI=1S/C21H19N7O4S2/c1-32-16-7-3-2-6-15(16)28-20(24-25-26-28)33-13-18(29)23-9-10-27-19(30)17(34-21(27)31)11-14-5-4-8-22-12-14/h2-8,11-12H,9-10,13H2,1H3,(H,23,29)/b17-11-. The maximum absolute atomic E-state index is 12.5. The van der Waals surface area contributed by atoms with Gasteiger partial charge in [0.15, 0.2) is 0 Å². The second-order valence-electron chi connectivity index (χ2n) is 6.80. The summed E-state index contributed by atoms with van der Waals surface area (Å²) < 4.78 is 6.83. The Bertz CT molecular complexity index is 1230. The van der Waals surface area contributed by atoms with E-state index in [2.05, 4.69) is 25.8 Å². The molecule has 0 radical (unpaired) electrons. The molecule has 3 amide bonds. The quantitative estimate of drug-likeness (QED) is 0.346. The lowest BCUT2D eigenvalue weighted by atomic mass is 10.2. The molecule has 4 rings (SSSR count). The van der Waals surface area contributed by atoms with Gasteiger partial charge in [-0.25, -0.2) is 0 Å². The molecule has 13 heteroatoms. The van der Waals surface area contributed by atoms with Gasteiger partial charge in [0.25, 0.3) is 11.1 Å². The lowest BCUT2D eigenvalue weighted by Gasteiger charge is -2.13. The van der Waals surface area contributed by atoms with Gasteiger partial charge in [-0.15, -0.1) is 5.10 Å². The van der Waals surface area contributed by atoms with E-state index in [-0.39, 0.29) is 30.0 Å². The molecule has 1 aromatic carbocycles. The third-order valence-electron chi connectivity index (χ3n) is 4.60. The van der Waals surface area contributed by atoms with Crippen LogP contribution in [-0.2, 0) is 9.59 Å². The number of rotatable bonds is 9. The molecule has 1 saturated heterocycles. The van der Waals surface area contributed by atoms with Gasteiger partial charge in [0.1, 0.15) is 11.4 Å². The number of tetrazole rings is 1. The zero-order chi connectivity index (χ0) is 23.9. The number of thioether (sulfide) groups is 2. The molecule has 174 valence electrons. The third kappa shape index (κ3) is 5.43. The van der Waals surface area contributed by atoms with Crippen molar-refractivity contribution in [3.8, 4) is 11.4 Å². The van der Waals surface area contributed by atoms with Gasteiger partial charge < -0.3 is 10.1 Å². The zero-order valence-corrected chi connectivity index (χ0v) is 19.6. The summed E-state index contributed by atoms with van der Waals surface area (Å²) in [7, 11) is 1.55.